The molecule has 0 unspecified atom stereocenters. The van der Waals surface area contributed by atoms with Crippen molar-refractivity contribution in [2.75, 3.05) is 23.2 Å². The molecule has 21 heavy (non-hydrogen) atoms. The lowest BCUT2D eigenvalue weighted by atomic mass is 10.3. The van der Waals surface area contributed by atoms with Crippen LogP contribution < -0.4 is 14.8 Å². The van der Waals surface area contributed by atoms with Crippen LogP contribution in [0.25, 0.3) is 0 Å². The number of aliphatic hydroxyl groups is 1. The fraction of sp³-hybridized carbons (Fsp3) is 0.417. The second kappa shape index (κ2) is 7.14. The molecular formula is C12H19N3O5S. The van der Waals surface area contributed by atoms with Gasteiger partial charge in [0.05, 0.1) is 30.6 Å². The van der Waals surface area contributed by atoms with Gasteiger partial charge in [0.15, 0.2) is 0 Å². The van der Waals surface area contributed by atoms with Crippen molar-refractivity contribution >= 4 is 27.7 Å². The zero-order valence-corrected chi connectivity index (χ0v) is 12.6. The lowest BCUT2D eigenvalue weighted by Crippen LogP contribution is -2.45. The van der Waals surface area contributed by atoms with Crippen molar-refractivity contribution in [2.24, 2.45) is 0 Å². The van der Waals surface area contributed by atoms with Crippen LogP contribution in [-0.2, 0) is 14.9 Å². The molecule has 9 heteroatoms. The third-order valence-corrected chi connectivity index (χ3v) is 3.74. The molecule has 0 aliphatic rings. The first-order valence-electron chi connectivity index (χ1n) is 6.24. The Morgan fingerprint density at radius 3 is 2.57 bits per heavy atom. The van der Waals surface area contributed by atoms with Gasteiger partial charge in [0.1, 0.15) is 0 Å². The molecule has 0 aliphatic heterocycles. The van der Waals surface area contributed by atoms with Gasteiger partial charge in [-0.05, 0) is 26.0 Å². The monoisotopic (exact) mass is 317 g/mol. The van der Waals surface area contributed by atoms with E-state index in [1.54, 1.807) is 30.7 Å². The molecule has 0 heterocycles. The first kappa shape index (κ1) is 17.1. The molecule has 1 amide bonds. The maximum absolute atomic E-state index is 12.2. The van der Waals surface area contributed by atoms with E-state index in [4.69, 9.17) is 15.6 Å². The fourth-order valence-corrected chi connectivity index (χ4v) is 2.69. The average molecular weight is 317 g/mol. The number of rotatable bonds is 6. The number of hydrogen-bond donors (Lipinski definition) is 3. The summed E-state index contributed by atoms with van der Waals surface area (Å²) in [6, 6.07) is 6.22. The smallest absolute Gasteiger partial charge is 0.422 e. The number of anilines is 2. The molecule has 0 saturated carbocycles. The summed E-state index contributed by atoms with van der Waals surface area (Å²) in [5.41, 5.74) is 6.09. The minimum atomic E-state index is -4.24. The summed E-state index contributed by atoms with van der Waals surface area (Å²) in [7, 11) is -4.24. The van der Waals surface area contributed by atoms with Gasteiger partial charge in [0.2, 0.25) is 0 Å². The molecule has 0 fully saturated rings. The normalized spacial score (nSPS) is 11.2. The maximum Gasteiger partial charge on any atom is 0.422 e. The Hall–Kier alpha value is -2.00. The number of amides is 1. The Bertz CT molecular complexity index is 588. The van der Waals surface area contributed by atoms with Crippen LogP contribution in [0, 0.1) is 0 Å². The molecule has 1 aromatic carbocycles. The third kappa shape index (κ3) is 4.80. The van der Waals surface area contributed by atoms with Crippen molar-refractivity contribution in [1.29, 1.82) is 0 Å². The number of carbonyl (C=O) groups excluding carboxylic acids is 1. The topological polar surface area (TPSA) is 122 Å². The third-order valence-electron chi connectivity index (χ3n) is 2.35. The van der Waals surface area contributed by atoms with Gasteiger partial charge < -0.3 is 15.6 Å². The highest BCUT2D eigenvalue weighted by molar-refractivity contribution is 7.91. The Labute approximate surface area is 123 Å². The standard InChI is InChI=1S/C12H19N3O5S/c1-9(2)20-12(17)14-21(18,19)15(7-8-16)11-6-4-3-5-10(11)13/h3-6,9,16H,7-8,13H2,1-2H3,(H,14,17). The summed E-state index contributed by atoms with van der Waals surface area (Å²) in [6.45, 7) is 2.49. The molecule has 8 nitrogen and oxygen atoms in total. The van der Waals surface area contributed by atoms with Crippen LogP contribution in [0.1, 0.15) is 13.8 Å². The Morgan fingerprint density at radius 2 is 2.05 bits per heavy atom. The van der Waals surface area contributed by atoms with E-state index in [2.05, 4.69) is 0 Å². The molecule has 0 aromatic heterocycles. The van der Waals surface area contributed by atoms with Gasteiger partial charge in [-0.25, -0.2) is 13.8 Å². The van der Waals surface area contributed by atoms with Crippen molar-refractivity contribution in [1.82, 2.24) is 4.72 Å². The Morgan fingerprint density at radius 1 is 1.43 bits per heavy atom. The lowest BCUT2D eigenvalue weighted by Gasteiger charge is -2.24. The van der Waals surface area contributed by atoms with Crippen molar-refractivity contribution in [3.63, 3.8) is 0 Å². The van der Waals surface area contributed by atoms with Crippen LogP contribution >= 0.6 is 0 Å². The average Bonchev–Trinajstić information content (AvgIpc) is 2.35. The summed E-state index contributed by atoms with van der Waals surface area (Å²) in [6.07, 6.45) is -1.56. The van der Waals surface area contributed by atoms with E-state index in [0.717, 1.165) is 4.31 Å². The first-order chi connectivity index (χ1) is 9.77. The summed E-state index contributed by atoms with van der Waals surface area (Å²) >= 11 is 0. The highest BCUT2D eigenvalue weighted by atomic mass is 32.2. The summed E-state index contributed by atoms with van der Waals surface area (Å²) in [4.78, 5) is 11.5. The fourth-order valence-electron chi connectivity index (χ4n) is 1.57. The molecular weight excluding hydrogens is 298 g/mol. The molecule has 0 spiro atoms. The van der Waals surface area contributed by atoms with Crippen LogP contribution in [0.15, 0.2) is 24.3 Å². The van der Waals surface area contributed by atoms with E-state index < -0.39 is 29.0 Å². The second-order valence-corrected chi connectivity index (χ2v) is 6.01. The summed E-state index contributed by atoms with van der Waals surface area (Å²) in [5, 5.41) is 9.04. The van der Waals surface area contributed by atoms with Gasteiger partial charge in [-0.1, -0.05) is 12.1 Å². The van der Waals surface area contributed by atoms with Crippen molar-refractivity contribution < 1.29 is 23.1 Å². The number of nitrogen functional groups attached to an aromatic ring is 1. The minimum Gasteiger partial charge on any atom is -0.446 e. The highest BCUT2D eigenvalue weighted by Gasteiger charge is 2.26. The summed E-state index contributed by atoms with van der Waals surface area (Å²) < 4.78 is 31.7. The van der Waals surface area contributed by atoms with Gasteiger partial charge in [-0.15, -0.1) is 0 Å². The van der Waals surface area contributed by atoms with Gasteiger partial charge in [0, 0.05) is 0 Å². The largest absolute Gasteiger partial charge is 0.446 e. The first-order valence-corrected chi connectivity index (χ1v) is 7.68. The number of nitrogens with one attached hydrogen (secondary N) is 1. The van der Waals surface area contributed by atoms with Crippen LogP contribution in [-0.4, -0.2) is 38.9 Å². The van der Waals surface area contributed by atoms with Gasteiger partial charge in [-0.3, -0.25) is 0 Å². The number of carbonyl (C=O) groups is 1. The second-order valence-electron chi connectivity index (χ2n) is 4.42. The molecule has 1 rings (SSSR count). The number of aliphatic hydroxyl groups excluding tert-OH is 1. The highest BCUT2D eigenvalue weighted by Crippen LogP contribution is 2.24. The number of nitrogens with two attached hydrogens (primary N) is 1. The van der Waals surface area contributed by atoms with E-state index in [1.165, 1.54) is 12.1 Å². The van der Waals surface area contributed by atoms with Gasteiger partial charge in [-0.2, -0.15) is 8.42 Å². The minimum absolute atomic E-state index is 0.163. The zero-order chi connectivity index (χ0) is 16.0. The predicted octanol–water partition coefficient (Wildman–Crippen LogP) is 0.447. The zero-order valence-electron chi connectivity index (χ0n) is 11.8. The number of ether oxygens (including phenoxy) is 1. The predicted molar refractivity (Wildman–Crippen MR) is 79.0 cm³/mol. The number of benzene rings is 1. The van der Waals surface area contributed by atoms with Crippen LogP contribution in [0.5, 0.6) is 0 Å². The molecule has 0 bridgehead atoms. The van der Waals surface area contributed by atoms with E-state index in [-0.39, 0.29) is 17.9 Å². The SMILES string of the molecule is CC(C)OC(=O)NS(=O)(=O)N(CCO)c1ccccc1N. The Balaban J connectivity index is 3.04. The number of para-hydroxylation sites is 2. The van der Waals surface area contributed by atoms with E-state index in [0.29, 0.717) is 0 Å². The Kier molecular flexibility index (Phi) is 5.79. The van der Waals surface area contributed by atoms with E-state index >= 15 is 0 Å². The van der Waals surface area contributed by atoms with Crippen molar-refractivity contribution in [3.8, 4) is 0 Å². The molecule has 1 aromatic rings. The molecule has 0 radical (unpaired) electrons. The van der Waals surface area contributed by atoms with Crippen LogP contribution in [0.2, 0.25) is 0 Å². The van der Waals surface area contributed by atoms with Gasteiger partial charge in [0.25, 0.3) is 0 Å². The molecule has 0 saturated heterocycles. The number of nitrogens with zero attached hydrogens (tertiary/aromatic N) is 1. The number of hydrogen-bond acceptors (Lipinski definition) is 6. The molecule has 118 valence electrons. The molecule has 4 N–H and O–H groups in total. The van der Waals surface area contributed by atoms with E-state index in [1.807, 2.05) is 0 Å². The quantitative estimate of drug-likeness (QED) is 0.655. The van der Waals surface area contributed by atoms with Crippen molar-refractivity contribution in [3.05, 3.63) is 24.3 Å². The lowest BCUT2D eigenvalue weighted by molar-refractivity contribution is 0.121. The molecule has 0 aliphatic carbocycles. The molecule has 0 atom stereocenters. The summed E-state index contributed by atoms with van der Waals surface area (Å²) in [5.74, 6) is 0. The maximum atomic E-state index is 12.2. The van der Waals surface area contributed by atoms with Gasteiger partial charge >= 0.3 is 16.3 Å². The van der Waals surface area contributed by atoms with Crippen LogP contribution in [0.3, 0.4) is 0 Å². The van der Waals surface area contributed by atoms with E-state index in [9.17, 15) is 13.2 Å². The van der Waals surface area contributed by atoms with Crippen LogP contribution in [0.4, 0.5) is 16.2 Å². The van der Waals surface area contributed by atoms with Crippen molar-refractivity contribution in [2.45, 2.75) is 20.0 Å².